The number of anilines is 2. The second-order valence-corrected chi connectivity index (χ2v) is 11.1. The molecule has 3 fully saturated rings. The zero-order valence-corrected chi connectivity index (χ0v) is 20.5. The number of nitrogens with zero attached hydrogens (tertiary/aromatic N) is 3. The molecule has 0 amide bonds. The molecule has 1 aromatic rings. The number of hydrogen-bond acceptors (Lipinski definition) is 4. The van der Waals surface area contributed by atoms with Crippen molar-refractivity contribution in [2.24, 2.45) is 11.3 Å². The van der Waals surface area contributed by atoms with Crippen LogP contribution in [-0.2, 0) is 4.74 Å². The van der Waals surface area contributed by atoms with Gasteiger partial charge in [0.05, 0.1) is 13.2 Å². The predicted octanol–water partition coefficient (Wildman–Crippen LogP) is 5.38. The van der Waals surface area contributed by atoms with Gasteiger partial charge in [0.2, 0.25) is 0 Å². The maximum atomic E-state index is 5.61. The van der Waals surface area contributed by atoms with E-state index >= 15 is 0 Å². The molecule has 0 atom stereocenters. The van der Waals surface area contributed by atoms with Crippen molar-refractivity contribution in [3.05, 3.63) is 23.8 Å². The molecule has 0 bridgehead atoms. The zero-order chi connectivity index (χ0) is 21.8. The molecule has 2 heterocycles. The highest BCUT2D eigenvalue weighted by molar-refractivity contribution is 5.63. The first-order chi connectivity index (χ1) is 15.0. The van der Waals surface area contributed by atoms with E-state index in [4.69, 9.17) is 4.74 Å². The minimum atomic E-state index is 0.444. The third kappa shape index (κ3) is 5.57. The van der Waals surface area contributed by atoms with Crippen LogP contribution in [0.25, 0.3) is 0 Å². The molecule has 0 N–H and O–H groups in total. The summed E-state index contributed by atoms with van der Waals surface area (Å²) in [5, 5.41) is 0. The molecule has 31 heavy (non-hydrogen) atoms. The summed E-state index contributed by atoms with van der Waals surface area (Å²) in [7, 11) is 0. The van der Waals surface area contributed by atoms with Crippen LogP contribution in [0, 0.1) is 11.3 Å². The Kier molecular flexibility index (Phi) is 7.48. The van der Waals surface area contributed by atoms with E-state index in [1.54, 1.807) is 5.56 Å². The number of benzene rings is 1. The van der Waals surface area contributed by atoms with E-state index in [1.165, 1.54) is 76.2 Å². The minimum Gasteiger partial charge on any atom is -0.378 e. The van der Waals surface area contributed by atoms with Crippen LogP contribution in [0.5, 0.6) is 0 Å². The number of ether oxygens (including phenoxy) is 1. The third-order valence-electron chi connectivity index (χ3n) is 8.03. The topological polar surface area (TPSA) is 19.0 Å². The average molecular weight is 428 g/mol. The molecule has 4 heteroatoms. The minimum absolute atomic E-state index is 0.444. The highest BCUT2D eigenvalue weighted by Gasteiger charge is 2.32. The highest BCUT2D eigenvalue weighted by atomic mass is 16.5. The van der Waals surface area contributed by atoms with E-state index in [-0.39, 0.29) is 0 Å². The SMILES string of the molecule is CCCN1CCN(c2ccc(N3CCOCC3)cc2C2CCC(C(C)(C)C)CC2)CC1. The van der Waals surface area contributed by atoms with Crippen molar-refractivity contribution in [3.8, 4) is 0 Å². The van der Waals surface area contributed by atoms with Gasteiger partial charge in [-0.2, -0.15) is 0 Å². The Morgan fingerprint density at radius 3 is 2.16 bits per heavy atom. The summed E-state index contributed by atoms with van der Waals surface area (Å²) >= 11 is 0. The first kappa shape index (κ1) is 22.9. The molecule has 4 rings (SSSR count). The van der Waals surface area contributed by atoms with Crippen molar-refractivity contribution in [2.75, 3.05) is 68.8 Å². The van der Waals surface area contributed by atoms with Gasteiger partial charge in [0.15, 0.2) is 0 Å². The molecule has 0 radical (unpaired) electrons. The van der Waals surface area contributed by atoms with E-state index in [0.29, 0.717) is 11.3 Å². The van der Waals surface area contributed by atoms with Gasteiger partial charge in [0.25, 0.3) is 0 Å². The molecule has 4 nitrogen and oxygen atoms in total. The van der Waals surface area contributed by atoms with Crippen molar-refractivity contribution < 1.29 is 4.74 Å². The van der Waals surface area contributed by atoms with Gasteiger partial charge in [-0.1, -0.05) is 27.7 Å². The fourth-order valence-electron chi connectivity index (χ4n) is 5.97. The molecule has 0 aromatic heterocycles. The molecule has 0 spiro atoms. The Morgan fingerprint density at radius 1 is 0.871 bits per heavy atom. The second-order valence-electron chi connectivity index (χ2n) is 11.1. The van der Waals surface area contributed by atoms with Gasteiger partial charge in [-0.05, 0) is 79.7 Å². The lowest BCUT2D eigenvalue weighted by Gasteiger charge is -2.41. The second kappa shape index (κ2) is 10.1. The van der Waals surface area contributed by atoms with Crippen molar-refractivity contribution >= 4 is 11.4 Å². The first-order valence-electron chi connectivity index (χ1n) is 12.9. The van der Waals surface area contributed by atoms with E-state index < -0.39 is 0 Å². The summed E-state index contributed by atoms with van der Waals surface area (Å²) < 4.78 is 5.61. The van der Waals surface area contributed by atoms with Crippen molar-refractivity contribution in [2.45, 2.75) is 65.7 Å². The lowest BCUT2D eigenvalue weighted by atomic mass is 9.68. The Bertz CT molecular complexity index is 691. The van der Waals surface area contributed by atoms with Crippen LogP contribution >= 0.6 is 0 Å². The van der Waals surface area contributed by atoms with Crippen LogP contribution in [0.3, 0.4) is 0 Å². The molecule has 0 unspecified atom stereocenters. The molecular formula is C27H45N3O. The van der Waals surface area contributed by atoms with Gasteiger partial charge < -0.3 is 14.5 Å². The largest absolute Gasteiger partial charge is 0.378 e. The quantitative estimate of drug-likeness (QED) is 0.628. The highest BCUT2D eigenvalue weighted by Crippen LogP contribution is 2.46. The molecular weight excluding hydrogens is 382 g/mol. The standard InChI is InChI=1S/C27H45N3O/c1-5-12-28-13-15-30(16-14-28)26-11-10-24(29-17-19-31-20-18-29)21-25(26)22-6-8-23(9-7-22)27(2,3)4/h10-11,21-23H,5-9,12-20H2,1-4H3. The van der Waals surface area contributed by atoms with Crippen LogP contribution < -0.4 is 9.80 Å². The number of hydrogen-bond donors (Lipinski definition) is 0. The molecule has 1 aromatic carbocycles. The summed E-state index contributed by atoms with van der Waals surface area (Å²) in [6.45, 7) is 19.3. The Balaban J connectivity index is 1.54. The van der Waals surface area contributed by atoms with E-state index in [0.717, 1.165) is 32.2 Å². The maximum Gasteiger partial charge on any atom is 0.0642 e. The molecule has 1 saturated carbocycles. The van der Waals surface area contributed by atoms with Crippen LogP contribution in [0.4, 0.5) is 11.4 Å². The summed E-state index contributed by atoms with van der Waals surface area (Å²) in [5.74, 6) is 1.58. The average Bonchev–Trinajstić information content (AvgIpc) is 2.80. The van der Waals surface area contributed by atoms with Gasteiger partial charge in [-0.3, -0.25) is 4.90 Å². The lowest BCUT2D eigenvalue weighted by molar-refractivity contribution is 0.122. The number of morpholine rings is 1. The van der Waals surface area contributed by atoms with E-state index in [1.807, 2.05) is 0 Å². The van der Waals surface area contributed by atoms with Gasteiger partial charge in [0.1, 0.15) is 0 Å². The van der Waals surface area contributed by atoms with Gasteiger partial charge in [0, 0.05) is 50.6 Å². The summed E-state index contributed by atoms with van der Waals surface area (Å²) in [5.41, 5.74) is 5.00. The number of piperazine rings is 1. The first-order valence-corrected chi connectivity index (χ1v) is 12.9. The molecule has 2 aliphatic heterocycles. The van der Waals surface area contributed by atoms with Gasteiger partial charge in [-0.25, -0.2) is 0 Å². The summed E-state index contributed by atoms with van der Waals surface area (Å²) in [6, 6.07) is 7.38. The molecule has 174 valence electrons. The molecule has 1 aliphatic carbocycles. The van der Waals surface area contributed by atoms with Crippen molar-refractivity contribution in [1.82, 2.24) is 4.90 Å². The van der Waals surface area contributed by atoms with Crippen molar-refractivity contribution in [3.63, 3.8) is 0 Å². The summed E-state index contributed by atoms with van der Waals surface area (Å²) in [6.07, 6.45) is 6.70. The Hall–Kier alpha value is -1.26. The van der Waals surface area contributed by atoms with E-state index in [9.17, 15) is 0 Å². The molecule has 3 aliphatic rings. The lowest BCUT2D eigenvalue weighted by Crippen LogP contribution is -2.47. The smallest absolute Gasteiger partial charge is 0.0642 e. The van der Waals surface area contributed by atoms with Crippen LogP contribution in [0.15, 0.2) is 18.2 Å². The monoisotopic (exact) mass is 427 g/mol. The van der Waals surface area contributed by atoms with Crippen LogP contribution in [-0.4, -0.2) is 63.9 Å². The fraction of sp³-hybridized carbons (Fsp3) is 0.778. The van der Waals surface area contributed by atoms with Gasteiger partial charge >= 0.3 is 0 Å². The van der Waals surface area contributed by atoms with Gasteiger partial charge in [-0.15, -0.1) is 0 Å². The van der Waals surface area contributed by atoms with Crippen molar-refractivity contribution in [1.29, 1.82) is 0 Å². The number of rotatable bonds is 5. The fourth-order valence-corrected chi connectivity index (χ4v) is 5.97. The summed E-state index contributed by atoms with van der Waals surface area (Å²) in [4.78, 5) is 7.84. The van der Waals surface area contributed by atoms with Crippen LogP contribution in [0.2, 0.25) is 0 Å². The van der Waals surface area contributed by atoms with E-state index in [2.05, 4.69) is 60.6 Å². The zero-order valence-electron chi connectivity index (χ0n) is 20.5. The molecule has 2 saturated heterocycles. The predicted molar refractivity (Wildman–Crippen MR) is 133 cm³/mol. The Morgan fingerprint density at radius 2 is 1.55 bits per heavy atom. The third-order valence-corrected chi connectivity index (χ3v) is 8.03. The maximum absolute atomic E-state index is 5.61. The van der Waals surface area contributed by atoms with Crippen LogP contribution in [0.1, 0.15) is 71.3 Å². The normalized spacial score (nSPS) is 26.3. The Labute approximate surface area is 190 Å².